The molecule has 4 atom stereocenters. The molecule has 56 heavy (non-hydrogen) atoms. The molecule has 0 unspecified atom stereocenters. The van der Waals surface area contributed by atoms with Crippen LogP contribution in [-0.2, 0) is 46.6 Å². The highest BCUT2D eigenvalue weighted by molar-refractivity contribution is 7.89. The molecule has 1 fully saturated rings. The minimum Gasteiger partial charge on any atom is -0.399 e. The molecular weight excluding hydrogens is 739 g/mol. The lowest BCUT2D eigenvalue weighted by Gasteiger charge is -2.46. The molecule has 6 rings (SSSR count). The van der Waals surface area contributed by atoms with Gasteiger partial charge in [-0.2, -0.15) is 0 Å². The van der Waals surface area contributed by atoms with Crippen molar-refractivity contribution in [2.24, 2.45) is 0 Å². The van der Waals surface area contributed by atoms with E-state index in [9.17, 15) is 8.42 Å². The lowest BCUT2D eigenvalue weighted by atomic mass is 10.0. The van der Waals surface area contributed by atoms with Crippen LogP contribution in [0.15, 0.2) is 150 Å². The molecule has 0 aromatic heterocycles. The first kappa shape index (κ1) is 41.7. The Kier molecular flexibility index (Phi) is 13.5. The molecule has 0 spiro atoms. The van der Waals surface area contributed by atoms with Gasteiger partial charge < -0.3 is 23.4 Å². The monoisotopic (exact) mass is 793 g/mol. The molecule has 5 aromatic carbocycles. The van der Waals surface area contributed by atoms with Crippen molar-refractivity contribution in [2.75, 3.05) is 13.2 Å². The van der Waals surface area contributed by atoms with Crippen LogP contribution in [0.4, 0.5) is 0 Å². The molecule has 296 valence electrons. The Hall–Kier alpha value is -3.97. The molecule has 8 nitrogen and oxygen atoms in total. The van der Waals surface area contributed by atoms with Crippen LogP contribution in [-0.4, -0.2) is 60.1 Å². The van der Waals surface area contributed by atoms with Crippen molar-refractivity contribution in [1.29, 1.82) is 0 Å². The van der Waals surface area contributed by atoms with Crippen LogP contribution in [0.3, 0.4) is 0 Å². The van der Waals surface area contributed by atoms with E-state index < -0.39 is 48.5 Å². The summed E-state index contributed by atoms with van der Waals surface area (Å²) in [4.78, 5) is 0.150. The van der Waals surface area contributed by atoms with Crippen molar-refractivity contribution in [2.45, 2.75) is 94.8 Å². The fraction of sp³-hybridized carbons (Fsp3) is 0.348. The Morgan fingerprint density at radius 3 is 1.59 bits per heavy atom. The molecule has 1 saturated heterocycles. The minimum absolute atomic E-state index is 0.0113. The van der Waals surface area contributed by atoms with E-state index in [1.807, 2.05) is 93.6 Å². The van der Waals surface area contributed by atoms with E-state index in [2.05, 4.69) is 74.0 Å². The fourth-order valence-corrected chi connectivity index (χ4v) is 13.4. The van der Waals surface area contributed by atoms with Gasteiger partial charge >= 0.3 is 0 Å². The molecule has 1 aliphatic rings. The van der Waals surface area contributed by atoms with Crippen LogP contribution in [0.1, 0.15) is 51.3 Å². The summed E-state index contributed by atoms with van der Waals surface area (Å²) in [5.41, 5.74) is 2.95. The molecule has 5 aromatic rings. The van der Waals surface area contributed by atoms with Crippen LogP contribution in [0.5, 0.6) is 0 Å². The van der Waals surface area contributed by atoms with E-state index in [4.69, 9.17) is 23.4 Å². The number of hydrogen-bond donors (Lipinski definition) is 1. The highest BCUT2D eigenvalue weighted by Gasteiger charge is 2.56. The Morgan fingerprint density at radius 2 is 1.11 bits per heavy atom. The Balaban J connectivity index is 1.43. The van der Waals surface area contributed by atoms with Gasteiger partial charge in [0, 0.05) is 0 Å². The molecule has 1 heterocycles. The molecule has 1 N–H and O–H groups in total. The van der Waals surface area contributed by atoms with Crippen LogP contribution >= 0.6 is 0 Å². The van der Waals surface area contributed by atoms with Gasteiger partial charge in [0.2, 0.25) is 10.0 Å². The summed E-state index contributed by atoms with van der Waals surface area (Å²) in [6.45, 7) is 13.1. The van der Waals surface area contributed by atoms with Crippen LogP contribution < -0.4 is 15.1 Å². The molecular formula is C46H55NO7SSi. The van der Waals surface area contributed by atoms with Crippen LogP contribution in [0.2, 0.25) is 5.04 Å². The molecule has 0 saturated carbocycles. The molecule has 0 radical (unpaired) electrons. The lowest BCUT2D eigenvalue weighted by Crippen LogP contribution is -2.69. The van der Waals surface area contributed by atoms with Gasteiger partial charge in [-0.25, -0.2) is 13.1 Å². The SMILES string of the molecule is Cc1ccc(S(=O)(=O)N[C@@H](COCc2ccccc2)[C@H]2OC(C)(C)O[C@@H]2[C@@H](COCc2ccccc2)O[Si](c2ccccc2)(c2ccccc2)C(C)(C)C)cc1. The molecule has 0 aliphatic carbocycles. The van der Waals surface area contributed by atoms with Gasteiger partial charge in [-0.05, 0) is 59.4 Å². The van der Waals surface area contributed by atoms with E-state index in [-0.39, 0.29) is 29.8 Å². The number of rotatable bonds is 17. The minimum atomic E-state index is -4.02. The summed E-state index contributed by atoms with van der Waals surface area (Å²) in [7, 11) is -7.20. The van der Waals surface area contributed by atoms with E-state index in [1.165, 1.54) is 0 Å². The third-order valence-electron chi connectivity index (χ3n) is 10.1. The highest BCUT2D eigenvalue weighted by atomic mass is 32.2. The first-order chi connectivity index (χ1) is 26.8. The Morgan fingerprint density at radius 1 is 0.661 bits per heavy atom. The van der Waals surface area contributed by atoms with Crippen molar-refractivity contribution in [3.05, 3.63) is 162 Å². The van der Waals surface area contributed by atoms with Crippen LogP contribution in [0.25, 0.3) is 0 Å². The third kappa shape index (κ3) is 10.1. The first-order valence-corrected chi connectivity index (χ1v) is 22.6. The number of hydrogen-bond acceptors (Lipinski definition) is 7. The second-order valence-corrected chi connectivity index (χ2v) is 21.9. The summed E-state index contributed by atoms with van der Waals surface area (Å²) in [6, 6.07) is 46.6. The zero-order chi connectivity index (χ0) is 39.8. The zero-order valence-corrected chi connectivity index (χ0v) is 35.1. The number of sulfonamides is 1. The summed E-state index contributed by atoms with van der Waals surface area (Å²) < 4.78 is 65.4. The summed E-state index contributed by atoms with van der Waals surface area (Å²) in [5, 5.41) is 1.84. The molecule has 0 bridgehead atoms. The topological polar surface area (TPSA) is 92.3 Å². The first-order valence-electron chi connectivity index (χ1n) is 19.2. The van der Waals surface area contributed by atoms with E-state index in [1.54, 1.807) is 24.3 Å². The normalized spacial score (nSPS) is 18.4. The van der Waals surface area contributed by atoms with Gasteiger partial charge in [-0.3, -0.25) is 0 Å². The largest absolute Gasteiger partial charge is 0.399 e. The van der Waals surface area contributed by atoms with Gasteiger partial charge in [-0.1, -0.05) is 160 Å². The number of aryl methyl sites for hydroxylation is 1. The smallest absolute Gasteiger partial charge is 0.261 e. The predicted molar refractivity (Wildman–Crippen MR) is 224 cm³/mol. The van der Waals surface area contributed by atoms with Gasteiger partial charge in [0.1, 0.15) is 12.2 Å². The van der Waals surface area contributed by atoms with Gasteiger partial charge in [-0.15, -0.1) is 0 Å². The predicted octanol–water partition coefficient (Wildman–Crippen LogP) is 7.54. The van der Waals surface area contributed by atoms with Gasteiger partial charge in [0.25, 0.3) is 8.32 Å². The highest BCUT2D eigenvalue weighted by Crippen LogP contribution is 2.41. The lowest BCUT2D eigenvalue weighted by molar-refractivity contribution is -0.159. The summed E-state index contributed by atoms with van der Waals surface area (Å²) >= 11 is 0. The standard InChI is InChI=1S/C46H55NO7SSi/c1-35-27-29-38(30-28-35)55(48,49)47-41(33-50-31-36-19-11-7-12-20-36)43-44(53-46(5,6)52-43)42(34-51-32-37-21-13-8-14-22-37)54-56(45(2,3)4,39-23-15-9-16-24-39)40-25-17-10-18-26-40/h7-30,41-44,47H,31-34H2,1-6H3/t41-,42+,43+,44+/m0/s1. The van der Waals surface area contributed by atoms with Crippen LogP contribution in [0, 0.1) is 6.92 Å². The Bertz CT molecular complexity index is 2020. The number of ether oxygens (including phenoxy) is 4. The van der Waals surface area contributed by atoms with Crippen molar-refractivity contribution >= 4 is 28.7 Å². The van der Waals surface area contributed by atoms with Crippen molar-refractivity contribution in [3.8, 4) is 0 Å². The zero-order valence-electron chi connectivity index (χ0n) is 33.3. The van der Waals surface area contributed by atoms with Crippen molar-refractivity contribution in [3.63, 3.8) is 0 Å². The summed E-state index contributed by atoms with van der Waals surface area (Å²) in [5.74, 6) is -1.09. The van der Waals surface area contributed by atoms with Crippen molar-refractivity contribution < 1.29 is 31.8 Å². The quantitative estimate of drug-likeness (QED) is 0.0974. The van der Waals surface area contributed by atoms with Crippen molar-refractivity contribution in [1.82, 2.24) is 4.72 Å². The maximum absolute atomic E-state index is 14.1. The second-order valence-electron chi connectivity index (χ2n) is 15.9. The maximum Gasteiger partial charge on any atom is 0.261 e. The number of benzene rings is 5. The maximum atomic E-state index is 14.1. The van der Waals surface area contributed by atoms with Gasteiger partial charge in [0.15, 0.2) is 5.79 Å². The van der Waals surface area contributed by atoms with E-state index in [0.29, 0.717) is 6.61 Å². The average molecular weight is 794 g/mol. The Labute approximate surface area is 334 Å². The van der Waals surface area contributed by atoms with E-state index >= 15 is 0 Å². The number of nitrogens with one attached hydrogen (secondary N) is 1. The third-order valence-corrected chi connectivity index (χ3v) is 16.7. The summed E-state index contributed by atoms with van der Waals surface area (Å²) in [6.07, 6.45) is -2.30. The second kappa shape index (κ2) is 18.1. The molecule has 10 heteroatoms. The molecule has 0 amide bonds. The average Bonchev–Trinajstić information content (AvgIpc) is 3.52. The van der Waals surface area contributed by atoms with E-state index in [0.717, 1.165) is 27.1 Å². The van der Waals surface area contributed by atoms with Gasteiger partial charge in [0.05, 0.1) is 43.5 Å². The fourth-order valence-electron chi connectivity index (χ4n) is 7.46. The molecule has 1 aliphatic heterocycles.